The van der Waals surface area contributed by atoms with Gasteiger partial charge in [0.05, 0.1) is 11.7 Å². The van der Waals surface area contributed by atoms with Crippen molar-refractivity contribution < 1.29 is 0 Å². The van der Waals surface area contributed by atoms with Gasteiger partial charge in [-0.25, -0.2) is 4.98 Å². The summed E-state index contributed by atoms with van der Waals surface area (Å²) in [5.74, 6) is 1.52. The van der Waals surface area contributed by atoms with Gasteiger partial charge in [0, 0.05) is 11.6 Å². The van der Waals surface area contributed by atoms with Gasteiger partial charge in [0.1, 0.15) is 5.82 Å². The minimum Gasteiger partial charge on any atom is -0.344 e. The molecule has 1 aromatic heterocycles. The number of benzene rings is 1. The zero-order valence-corrected chi connectivity index (χ0v) is 10.7. The van der Waals surface area contributed by atoms with Gasteiger partial charge in [-0.3, -0.25) is 0 Å². The molecule has 18 heavy (non-hydrogen) atoms. The van der Waals surface area contributed by atoms with Crippen molar-refractivity contribution in [2.24, 2.45) is 5.73 Å². The molecule has 94 valence electrons. The fourth-order valence-electron chi connectivity index (χ4n) is 2.68. The van der Waals surface area contributed by atoms with E-state index < -0.39 is 0 Å². The number of hydrogen-bond donors (Lipinski definition) is 2. The molecule has 1 aliphatic rings. The summed E-state index contributed by atoms with van der Waals surface area (Å²) in [6.45, 7) is 2.24. The van der Waals surface area contributed by atoms with Gasteiger partial charge >= 0.3 is 0 Å². The quantitative estimate of drug-likeness (QED) is 0.868. The van der Waals surface area contributed by atoms with Crippen LogP contribution in [0.2, 0.25) is 0 Å². The van der Waals surface area contributed by atoms with Gasteiger partial charge in [0.2, 0.25) is 0 Å². The third kappa shape index (κ3) is 2.06. The maximum Gasteiger partial charge on any atom is 0.123 e. The zero-order chi connectivity index (χ0) is 12.5. The summed E-state index contributed by atoms with van der Waals surface area (Å²) >= 11 is 0. The molecule has 3 N–H and O–H groups in total. The van der Waals surface area contributed by atoms with E-state index >= 15 is 0 Å². The molecule has 2 aromatic rings. The van der Waals surface area contributed by atoms with Gasteiger partial charge in [-0.05, 0) is 24.8 Å². The lowest BCUT2D eigenvalue weighted by atomic mass is 10.1. The molecule has 2 atom stereocenters. The lowest BCUT2D eigenvalue weighted by molar-refractivity contribution is 0.653. The number of imidazole rings is 1. The molecule has 3 rings (SSSR count). The van der Waals surface area contributed by atoms with Gasteiger partial charge in [-0.2, -0.15) is 0 Å². The molecule has 1 aromatic carbocycles. The molecule has 0 aliphatic heterocycles. The first-order chi connectivity index (χ1) is 8.74. The minimum absolute atomic E-state index is 0.0369. The Morgan fingerprint density at radius 2 is 2.17 bits per heavy atom. The summed E-state index contributed by atoms with van der Waals surface area (Å²) < 4.78 is 0. The lowest BCUT2D eigenvalue weighted by Crippen LogP contribution is -2.15. The van der Waals surface area contributed by atoms with Crippen molar-refractivity contribution in [3.8, 4) is 0 Å². The Bertz CT molecular complexity index is 530. The molecule has 1 unspecified atom stereocenters. The van der Waals surface area contributed by atoms with Crippen LogP contribution in [-0.2, 0) is 12.8 Å². The molecular weight excluding hydrogens is 222 g/mol. The second-order valence-electron chi connectivity index (χ2n) is 5.22. The number of nitrogens with one attached hydrogen (secondary N) is 1. The first-order valence-electron chi connectivity index (χ1n) is 6.62. The Balaban J connectivity index is 1.77. The number of nitrogens with two attached hydrogens (primary N) is 1. The van der Waals surface area contributed by atoms with Crippen LogP contribution in [0.4, 0.5) is 0 Å². The first kappa shape index (κ1) is 11.5. The molecule has 3 nitrogen and oxygen atoms in total. The van der Waals surface area contributed by atoms with Crippen LogP contribution in [0.3, 0.4) is 0 Å². The van der Waals surface area contributed by atoms with Crippen molar-refractivity contribution in [2.45, 2.75) is 38.1 Å². The van der Waals surface area contributed by atoms with Gasteiger partial charge in [-0.1, -0.05) is 37.3 Å². The number of aromatic amines is 1. The standard InChI is InChI=1S/C15H19N3/c1-10-7-8-13-14(10)18-15(17-13)12(16)9-11-5-3-2-4-6-11/h2-6,10,12H,7-9,16H2,1H3,(H,17,18)/t10?,12-/m1/s1. The molecule has 0 saturated heterocycles. The Kier molecular flexibility index (Phi) is 2.92. The van der Waals surface area contributed by atoms with Crippen molar-refractivity contribution >= 4 is 0 Å². The fraction of sp³-hybridized carbons (Fsp3) is 0.400. The number of aromatic nitrogens is 2. The normalized spacial score (nSPS) is 19.8. The smallest absolute Gasteiger partial charge is 0.123 e. The number of nitrogens with zero attached hydrogens (tertiary/aromatic N) is 1. The first-order valence-corrected chi connectivity index (χ1v) is 6.62. The summed E-state index contributed by atoms with van der Waals surface area (Å²) in [5, 5.41) is 0. The van der Waals surface area contributed by atoms with E-state index in [0.717, 1.165) is 18.7 Å². The highest BCUT2D eigenvalue weighted by Crippen LogP contribution is 2.31. The predicted octanol–water partition coefficient (Wildman–Crippen LogP) is 2.70. The predicted molar refractivity (Wildman–Crippen MR) is 72.4 cm³/mol. The number of fused-ring (bicyclic) bond motifs is 1. The van der Waals surface area contributed by atoms with Crippen molar-refractivity contribution in [2.75, 3.05) is 0 Å². The van der Waals surface area contributed by atoms with E-state index in [1.165, 1.54) is 23.4 Å². The number of hydrogen-bond acceptors (Lipinski definition) is 2. The van der Waals surface area contributed by atoms with Gasteiger partial charge in [0.15, 0.2) is 0 Å². The van der Waals surface area contributed by atoms with Crippen molar-refractivity contribution in [1.29, 1.82) is 0 Å². The number of aryl methyl sites for hydroxylation is 1. The van der Waals surface area contributed by atoms with E-state index in [1.54, 1.807) is 0 Å². The lowest BCUT2D eigenvalue weighted by Gasteiger charge is -2.09. The molecule has 0 fully saturated rings. The molecule has 0 radical (unpaired) electrons. The zero-order valence-electron chi connectivity index (χ0n) is 10.7. The average molecular weight is 241 g/mol. The Labute approximate surface area is 107 Å². The highest BCUT2D eigenvalue weighted by Gasteiger charge is 2.24. The molecular formula is C15H19N3. The molecule has 0 spiro atoms. The maximum absolute atomic E-state index is 6.24. The van der Waals surface area contributed by atoms with Crippen molar-refractivity contribution in [1.82, 2.24) is 9.97 Å². The van der Waals surface area contributed by atoms with Gasteiger partial charge < -0.3 is 10.7 Å². The molecule has 0 amide bonds. The van der Waals surface area contributed by atoms with Gasteiger partial charge in [-0.15, -0.1) is 0 Å². The number of rotatable bonds is 3. The second kappa shape index (κ2) is 4.58. The van der Waals surface area contributed by atoms with Crippen LogP contribution in [0.15, 0.2) is 30.3 Å². The summed E-state index contributed by atoms with van der Waals surface area (Å²) in [6, 6.07) is 10.3. The van der Waals surface area contributed by atoms with Crippen molar-refractivity contribution in [3.05, 3.63) is 53.1 Å². The van der Waals surface area contributed by atoms with Crippen LogP contribution in [0.1, 0.15) is 48.1 Å². The monoisotopic (exact) mass is 241 g/mol. The van der Waals surface area contributed by atoms with Crippen LogP contribution in [0, 0.1) is 0 Å². The largest absolute Gasteiger partial charge is 0.344 e. The van der Waals surface area contributed by atoms with Crippen LogP contribution >= 0.6 is 0 Å². The summed E-state index contributed by atoms with van der Waals surface area (Å²) in [7, 11) is 0. The van der Waals surface area contributed by atoms with Crippen LogP contribution in [0.25, 0.3) is 0 Å². The Hall–Kier alpha value is -1.61. The summed E-state index contributed by atoms with van der Waals surface area (Å²) in [5.41, 5.74) is 10.0. The SMILES string of the molecule is CC1CCc2[nH]c([C@H](N)Cc3ccccc3)nc21. The molecule has 1 aliphatic carbocycles. The Morgan fingerprint density at radius 3 is 2.89 bits per heavy atom. The third-order valence-electron chi connectivity index (χ3n) is 3.77. The van der Waals surface area contributed by atoms with E-state index in [0.29, 0.717) is 5.92 Å². The van der Waals surface area contributed by atoms with E-state index in [-0.39, 0.29) is 6.04 Å². The fourth-order valence-corrected chi connectivity index (χ4v) is 2.68. The summed E-state index contributed by atoms with van der Waals surface area (Å²) in [6.07, 6.45) is 3.16. The average Bonchev–Trinajstić information content (AvgIpc) is 2.93. The van der Waals surface area contributed by atoms with E-state index in [1.807, 2.05) is 18.2 Å². The summed E-state index contributed by atoms with van der Waals surface area (Å²) in [4.78, 5) is 8.10. The highest BCUT2D eigenvalue weighted by molar-refractivity contribution is 5.26. The topological polar surface area (TPSA) is 54.7 Å². The molecule has 1 heterocycles. The van der Waals surface area contributed by atoms with Crippen LogP contribution in [0.5, 0.6) is 0 Å². The van der Waals surface area contributed by atoms with E-state index in [2.05, 4.69) is 29.0 Å². The van der Waals surface area contributed by atoms with E-state index in [9.17, 15) is 0 Å². The molecule has 0 saturated carbocycles. The third-order valence-corrected chi connectivity index (χ3v) is 3.77. The maximum atomic E-state index is 6.24. The van der Waals surface area contributed by atoms with Gasteiger partial charge in [0.25, 0.3) is 0 Å². The number of H-pyrrole nitrogens is 1. The minimum atomic E-state index is -0.0369. The van der Waals surface area contributed by atoms with Crippen molar-refractivity contribution in [3.63, 3.8) is 0 Å². The Morgan fingerprint density at radius 1 is 1.39 bits per heavy atom. The van der Waals surface area contributed by atoms with Crippen LogP contribution in [-0.4, -0.2) is 9.97 Å². The second-order valence-corrected chi connectivity index (χ2v) is 5.22. The highest BCUT2D eigenvalue weighted by atomic mass is 15.0. The van der Waals surface area contributed by atoms with E-state index in [4.69, 9.17) is 5.73 Å². The molecule has 3 heteroatoms. The van der Waals surface area contributed by atoms with Crippen LogP contribution < -0.4 is 5.73 Å². The molecule has 0 bridgehead atoms.